The average Bonchev–Trinajstić information content (AvgIpc) is 2.49. The standard InChI is InChI=1S/C16H23N3O3/c1-12(20)4-9-15(21)17-10-11-18-16(22)13-5-7-14(8-6-13)19(2)3/h5-8H,4,9-11H2,1-3H3,(H,17,21)(H,18,22). The number of anilines is 1. The molecular formula is C16H23N3O3. The molecule has 0 heterocycles. The molecule has 0 spiro atoms. The molecule has 1 rings (SSSR count). The van der Waals surface area contributed by atoms with Gasteiger partial charge in [-0.1, -0.05) is 0 Å². The highest BCUT2D eigenvalue weighted by Crippen LogP contribution is 2.11. The van der Waals surface area contributed by atoms with E-state index in [1.165, 1.54) is 6.92 Å². The first-order chi connectivity index (χ1) is 10.4. The summed E-state index contributed by atoms with van der Waals surface area (Å²) in [7, 11) is 3.87. The van der Waals surface area contributed by atoms with Crippen molar-refractivity contribution < 1.29 is 14.4 Å². The highest BCUT2D eigenvalue weighted by Gasteiger charge is 2.06. The first-order valence-corrected chi connectivity index (χ1v) is 7.22. The third-order valence-electron chi connectivity index (χ3n) is 3.08. The molecule has 0 unspecified atom stereocenters. The van der Waals surface area contributed by atoms with Gasteiger partial charge in [0.25, 0.3) is 5.91 Å². The van der Waals surface area contributed by atoms with Gasteiger partial charge in [0.1, 0.15) is 5.78 Å². The lowest BCUT2D eigenvalue weighted by Crippen LogP contribution is -2.34. The molecule has 0 aliphatic carbocycles. The van der Waals surface area contributed by atoms with Crippen LogP contribution in [0, 0.1) is 0 Å². The zero-order valence-electron chi connectivity index (χ0n) is 13.3. The van der Waals surface area contributed by atoms with E-state index in [-0.39, 0.29) is 30.4 Å². The number of rotatable bonds is 8. The Hall–Kier alpha value is -2.37. The number of ketones is 1. The Kier molecular flexibility index (Phi) is 7.08. The minimum Gasteiger partial charge on any atom is -0.378 e. The second-order valence-corrected chi connectivity index (χ2v) is 5.25. The van der Waals surface area contributed by atoms with Crippen molar-refractivity contribution in [2.45, 2.75) is 19.8 Å². The minimum atomic E-state index is -0.181. The van der Waals surface area contributed by atoms with Crippen molar-refractivity contribution in [2.24, 2.45) is 0 Å². The van der Waals surface area contributed by atoms with Crippen molar-refractivity contribution in [3.05, 3.63) is 29.8 Å². The smallest absolute Gasteiger partial charge is 0.251 e. The number of Topliss-reactive ketones (excluding diaryl/α,β-unsaturated/α-hetero) is 1. The molecule has 120 valence electrons. The van der Waals surface area contributed by atoms with Crippen LogP contribution in [0.5, 0.6) is 0 Å². The Morgan fingerprint density at radius 2 is 1.55 bits per heavy atom. The molecule has 0 atom stereocenters. The molecule has 0 aromatic heterocycles. The van der Waals surface area contributed by atoms with Crippen LogP contribution in [0.2, 0.25) is 0 Å². The Bertz CT molecular complexity index is 524. The summed E-state index contributed by atoms with van der Waals surface area (Å²) in [4.78, 5) is 36.0. The number of hydrogen-bond acceptors (Lipinski definition) is 4. The first kappa shape index (κ1) is 17.7. The monoisotopic (exact) mass is 305 g/mol. The summed E-state index contributed by atoms with van der Waals surface area (Å²) in [6, 6.07) is 7.27. The van der Waals surface area contributed by atoms with Crippen molar-refractivity contribution in [1.29, 1.82) is 0 Å². The predicted octanol–water partition coefficient (Wildman–Crippen LogP) is 0.968. The van der Waals surface area contributed by atoms with E-state index >= 15 is 0 Å². The van der Waals surface area contributed by atoms with Crippen LogP contribution in [0.15, 0.2) is 24.3 Å². The van der Waals surface area contributed by atoms with Crippen molar-refractivity contribution >= 4 is 23.3 Å². The molecule has 0 bridgehead atoms. The zero-order chi connectivity index (χ0) is 16.5. The lowest BCUT2D eigenvalue weighted by Gasteiger charge is -2.12. The normalized spacial score (nSPS) is 9.95. The number of hydrogen-bond donors (Lipinski definition) is 2. The Morgan fingerprint density at radius 1 is 0.955 bits per heavy atom. The molecule has 0 saturated carbocycles. The molecule has 0 aliphatic heterocycles. The van der Waals surface area contributed by atoms with Crippen LogP contribution in [0.4, 0.5) is 5.69 Å². The van der Waals surface area contributed by atoms with Crippen LogP contribution in [0.1, 0.15) is 30.1 Å². The van der Waals surface area contributed by atoms with Gasteiger partial charge in [-0.2, -0.15) is 0 Å². The van der Waals surface area contributed by atoms with Crippen molar-refractivity contribution in [1.82, 2.24) is 10.6 Å². The number of nitrogens with one attached hydrogen (secondary N) is 2. The SMILES string of the molecule is CC(=O)CCC(=O)NCCNC(=O)c1ccc(N(C)C)cc1. The number of nitrogens with zero attached hydrogens (tertiary/aromatic N) is 1. The molecule has 0 radical (unpaired) electrons. The fraction of sp³-hybridized carbons (Fsp3) is 0.438. The van der Waals surface area contributed by atoms with Crippen LogP contribution in [0.3, 0.4) is 0 Å². The largest absolute Gasteiger partial charge is 0.378 e. The molecule has 1 aromatic carbocycles. The molecule has 6 heteroatoms. The highest BCUT2D eigenvalue weighted by atomic mass is 16.2. The van der Waals surface area contributed by atoms with Gasteiger partial charge >= 0.3 is 0 Å². The zero-order valence-corrected chi connectivity index (χ0v) is 13.3. The molecule has 0 aliphatic rings. The van der Waals surface area contributed by atoms with Crippen LogP contribution < -0.4 is 15.5 Å². The molecule has 0 fully saturated rings. The fourth-order valence-corrected chi connectivity index (χ4v) is 1.77. The fourth-order valence-electron chi connectivity index (χ4n) is 1.77. The van der Waals surface area contributed by atoms with E-state index in [0.717, 1.165) is 5.69 Å². The topological polar surface area (TPSA) is 78.5 Å². The van der Waals surface area contributed by atoms with Gasteiger partial charge in [0.15, 0.2) is 0 Å². The van der Waals surface area contributed by atoms with E-state index in [0.29, 0.717) is 18.7 Å². The first-order valence-electron chi connectivity index (χ1n) is 7.22. The van der Waals surface area contributed by atoms with Gasteiger partial charge in [-0.15, -0.1) is 0 Å². The Balaban J connectivity index is 2.28. The number of amides is 2. The van der Waals surface area contributed by atoms with Crippen molar-refractivity contribution in [3.8, 4) is 0 Å². The van der Waals surface area contributed by atoms with E-state index in [1.807, 2.05) is 31.1 Å². The van der Waals surface area contributed by atoms with E-state index in [2.05, 4.69) is 10.6 Å². The molecule has 22 heavy (non-hydrogen) atoms. The molecule has 1 aromatic rings. The third-order valence-corrected chi connectivity index (χ3v) is 3.08. The van der Waals surface area contributed by atoms with Crippen LogP contribution in [0.25, 0.3) is 0 Å². The van der Waals surface area contributed by atoms with Crippen molar-refractivity contribution in [3.63, 3.8) is 0 Å². The second kappa shape index (κ2) is 8.81. The number of carbonyl (C=O) groups is 3. The van der Waals surface area contributed by atoms with Gasteiger partial charge in [-0.05, 0) is 31.2 Å². The molecule has 2 amide bonds. The average molecular weight is 305 g/mol. The third kappa shape index (κ3) is 6.39. The summed E-state index contributed by atoms with van der Waals surface area (Å²) in [6.07, 6.45) is 0.436. The predicted molar refractivity (Wildman–Crippen MR) is 86.0 cm³/mol. The second-order valence-electron chi connectivity index (χ2n) is 5.25. The molecule has 0 saturated heterocycles. The van der Waals surface area contributed by atoms with Crippen LogP contribution >= 0.6 is 0 Å². The Labute approximate surface area is 130 Å². The molecule has 6 nitrogen and oxygen atoms in total. The molecule has 2 N–H and O–H groups in total. The number of carbonyl (C=O) groups excluding carboxylic acids is 3. The Morgan fingerprint density at radius 3 is 2.09 bits per heavy atom. The maximum atomic E-state index is 11.9. The number of benzene rings is 1. The van der Waals surface area contributed by atoms with Crippen molar-refractivity contribution in [2.75, 3.05) is 32.1 Å². The van der Waals surface area contributed by atoms with Gasteiger partial charge in [0.2, 0.25) is 5.91 Å². The van der Waals surface area contributed by atoms with Gasteiger partial charge < -0.3 is 20.3 Å². The molecular weight excluding hydrogens is 282 g/mol. The van der Waals surface area contributed by atoms with E-state index in [1.54, 1.807) is 12.1 Å². The lowest BCUT2D eigenvalue weighted by atomic mass is 10.2. The van der Waals surface area contributed by atoms with E-state index < -0.39 is 0 Å². The summed E-state index contributed by atoms with van der Waals surface area (Å²) in [5.74, 6) is -0.368. The van der Waals surface area contributed by atoms with Crippen LogP contribution in [-0.2, 0) is 9.59 Å². The van der Waals surface area contributed by atoms with E-state index in [9.17, 15) is 14.4 Å². The van der Waals surface area contributed by atoms with Gasteiger partial charge in [-0.25, -0.2) is 0 Å². The highest BCUT2D eigenvalue weighted by molar-refractivity contribution is 5.94. The van der Waals surface area contributed by atoms with Crippen LogP contribution in [-0.4, -0.2) is 44.8 Å². The maximum Gasteiger partial charge on any atom is 0.251 e. The van der Waals surface area contributed by atoms with Gasteiger partial charge in [0.05, 0.1) is 0 Å². The summed E-state index contributed by atoms with van der Waals surface area (Å²) < 4.78 is 0. The minimum absolute atomic E-state index is 0.00961. The maximum absolute atomic E-state index is 11.9. The summed E-state index contributed by atoms with van der Waals surface area (Å²) in [5, 5.41) is 5.39. The van der Waals surface area contributed by atoms with E-state index in [4.69, 9.17) is 0 Å². The lowest BCUT2D eigenvalue weighted by molar-refractivity contribution is -0.124. The summed E-state index contributed by atoms with van der Waals surface area (Å²) >= 11 is 0. The quantitative estimate of drug-likeness (QED) is 0.702. The summed E-state index contributed by atoms with van der Waals surface area (Å²) in [5.41, 5.74) is 1.60. The van der Waals surface area contributed by atoms with Gasteiger partial charge in [0, 0.05) is 51.3 Å². The van der Waals surface area contributed by atoms with Gasteiger partial charge in [-0.3, -0.25) is 9.59 Å². The summed E-state index contributed by atoms with van der Waals surface area (Å²) in [6.45, 7) is 2.15.